The van der Waals surface area contributed by atoms with Crippen LogP contribution >= 0.6 is 0 Å². The number of rotatable bonds is 7. The summed E-state index contributed by atoms with van der Waals surface area (Å²) in [7, 11) is 3.40. The van der Waals surface area contributed by atoms with E-state index in [1.807, 2.05) is 48.5 Å². The van der Waals surface area contributed by atoms with Crippen LogP contribution in [0.1, 0.15) is 75.7 Å². The molecule has 0 bridgehead atoms. The highest BCUT2D eigenvalue weighted by Crippen LogP contribution is 2.39. The molecule has 7 heteroatoms. The van der Waals surface area contributed by atoms with Gasteiger partial charge in [-0.1, -0.05) is 27.7 Å². The first-order valence-corrected chi connectivity index (χ1v) is 11.4. The van der Waals surface area contributed by atoms with Gasteiger partial charge in [-0.3, -0.25) is 14.4 Å². The molecule has 0 aromatic carbocycles. The molecule has 0 saturated heterocycles. The first-order chi connectivity index (χ1) is 14.7. The number of ketones is 2. The van der Waals surface area contributed by atoms with Crippen LogP contribution in [-0.4, -0.2) is 66.2 Å². The minimum absolute atomic E-state index is 0.0967. The van der Waals surface area contributed by atoms with Crippen molar-refractivity contribution in [2.75, 3.05) is 27.2 Å². The maximum atomic E-state index is 13.1. The van der Waals surface area contributed by atoms with Crippen molar-refractivity contribution >= 4 is 23.6 Å². The van der Waals surface area contributed by atoms with E-state index in [-0.39, 0.29) is 29.3 Å². The molecule has 0 N–H and O–H groups in total. The summed E-state index contributed by atoms with van der Waals surface area (Å²) in [6.45, 7) is 18.9. The van der Waals surface area contributed by atoms with E-state index in [2.05, 4.69) is 0 Å². The molecule has 186 valence electrons. The van der Waals surface area contributed by atoms with Gasteiger partial charge >= 0.3 is 6.09 Å². The number of allylic oxidation sites excluding steroid dienone is 4. The van der Waals surface area contributed by atoms with Crippen molar-refractivity contribution in [3.05, 3.63) is 22.3 Å². The summed E-state index contributed by atoms with van der Waals surface area (Å²) in [5.41, 5.74) is -0.00408. The zero-order chi connectivity index (χ0) is 26.1. The van der Waals surface area contributed by atoms with Gasteiger partial charge in [0, 0.05) is 66.7 Å². The van der Waals surface area contributed by atoms with E-state index in [9.17, 15) is 19.2 Å². The van der Waals surface area contributed by atoms with Crippen molar-refractivity contribution < 1.29 is 23.9 Å². The van der Waals surface area contributed by atoms with Crippen LogP contribution in [0.25, 0.3) is 0 Å². The number of Topliss-reactive ketones (excluding diaryl/α,β-unsaturated/α-hetero) is 2. The summed E-state index contributed by atoms with van der Waals surface area (Å²) in [4.78, 5) is 54.1. The standard InChI is InChI=1S/C26H42N2O5/c1-16-17(2)22(31)20(18(3)21(16)30)26(9,10)13-19(29)27(11)14-25(7,8)15-28(12)23(32)33-24(4,5)6/h13-15H2,1-12H3. The quantitative estimate of drug-likeness (QED) is 0.518. The minimum Gasteiger partial charge on any atom is -0.444 e. The number of ether oxygens (including phenoxy) is 1. The number of hydrogen-bond donors (Lipinski definition) is 0. The van der Waals surface area contributed by atoms with Gasteiger partial charge in [0.1, 0.15) is 5.60 Å². The van der Waals surface area contributed by atoms with E-state index < -0.39 is 17.1 Å². The van der Waals surface area contributed by atoms with Crippen molar-refractivity contribution in [1.29, 1.82) is 0 Å². The Labute approximate surface area is 199 Å². The molecule has 1 aliphatic rings. The van der Waals surface area contributed by atoms with Gasteiger partial charge in [-0.25, -0.2) is 4.79 Å². The Hall–Kier alpha value is -2.44. The molecule has 2 amide bonds. The first kappa shape index (κ1) is 28.6. The molecule has 0 heterocycles. The smallest absolute Gasteiger partial charge is 0.410 e. The predicted octanol–water partition coefficient (Wildman–Crippen LogP) is 4.56. The molecular formula is C26H42N2O5. The molecule has 0 atom stereocenters. The lowest BCUT2D eigenvalue weighted by atomic mass is 9.71. The van der Waals surface area contributed by atoms with Gasteiger partial charge in [-0.15, -0.1) is 0 Å². The second kappa shape index (κ2) is 9.82. The van der Waals surface area contributed by atoms with Crippen LogP contribution in [-0.2, 0) is 19.1 Å². The summed E-state index contributed by atoms with van der Waals surface area (Å²) in [6, 6.07) is 0. The van der Waals surface area contributed by atoms with Crippen LogP contribution in [0.3, 0.4) is 0 Å². The summed E-state index contributed by atoms with van der Waals surface area (Å²) in [5.74, 6) is -0.427. The van der Waals surface area contributed by atoms with Crippen molar-refractivity contribution in [3.63, 3.8) is 0 Å². The van der Waals surface area contributed by atoms with Crippen molar-refractivity contribution in [2.45, 2.75) is 81.3 Å². The molecule has 0 aromatic rings. The molecule has 0 spiro atoms. The van der Waals surface area contributed by atoms with Crippen LogP contribution in [0.5, 0.6) is 0 Å². The average Bonchev–Trinajstić information content (AvgIpc) is 2.62. The van der Waals surface area contributed by atoms with Crippen LogP contribution in [0.4, 0.5) is 4.79 Å². The zero-order valence-electron chi connectivity index (χ0n) is 22.6. The summed E-state index contributed by atoms with van der Waals surface area (Å²) >= 11 is 0. The predicted molar refractivity (Wildman–Crippen MR) is 130 cm³/mol. The van der Waals surface area contributed by atoms with Gasteiger partial charge in [-0.05, 0) is 41.5 Å². The fourth-order valence-corrected chi connectivity index (χ4v) is 4.34. The third-order valence-electron chi connectivity index (χ3n) is 5.92. The van der Waals surface area contributed by atoms with Crippen LogP contribution in [0.2, 0.25) is 0 Å². The van der Waals surface area contributed by atoms with E-state index in [0.717, 1.165) is 0 Å². The lowest BCUT2D eigenvalue weighted by Gasteiger charge is -2.36. The normalized spacial score (nSPS) is 15.8. The van der Waals surface area contributed by atoms with Gasteiger partial charge in [0.25, 0.3) is 0 Å². The Morgan fingerprint density at radius 3 is 1.70 bits per heavy atom. The van der Waals surface area contributed by atoms with E-state index in [4.69, 9.17) is 4.74 Å². The lowest BCUT2D eigenvalue weighted by Crippen LogP contribution is -2.45. The molecule has 0 saturated carbocycles. The first-order valence-electron chi connectivity index (χ1n) is 11.4. The van der Waals surface area contributed by atoms with Crippen molar-refractivity contribution in [2.24, 2.45) is 10.8 Å². The minimum atomic E-state index is -0.790. The number of carbonyl (C=O) groups excluding carboxylic acids is 4. The molecule has 0 unspecified atom stereocenters. The third kappa shape index (κ3) is 7.27. The Morgan fingerprint density at radius 1 is 0.758 bits per heavy atom. The zero-order valence-corrected chi connectivity index (χ0v) is 22.6. The van der Waals surface area contributed by atoms with E-state index >= 15 is 0 Å². The molecule has 0 aliphatic heterocycles. The molecule has 0 fully saturated rings. The average molecular weight is 463 g/mol. The van der Waals surface area contributed by atoms with E-state index in [1.54, 1.807) is 39.8 Å². The Balaban J connectivity index is 2.92. The molecule has 0 radical (unpaired) electrons. The van der Waals surface area contributed by atoms with Gasteiger partial charge < -0.3 is 14.5 Å². The molecule has 0 aromatic heterocycles. The summed E-state index contributed by atoms with van der Waals surface area (Å²) in [5, 5.41) is 0. The number of hydrogen-bond acceptors (Lipinski definition) is 5. The fourth-order valence-electron chi connectivity index (χ4n) is 4.34. The van der Waals surface area contributed by atoms with E-state index in [1.165, 1.54) is 4.90 Å². The second-order valence-electron chi connectivity index (χ2n) is 11.7. The third-order valence-corrected chi connectivity index (χ3v) is 5.92. The highest BCUT2D eigenvalue weighted by atomic mass is 16.6. The fraction of sp³-hybridized carbons (Fsp3) is 0.692. The maximum absolute atomic E-state index is 13.1. The molecule has 1 aliphatic carbocycles. The molecule has 7 nitrogen and oxygen atoms in total. The highest BCUT2D eigenvalue weighted by Gasteiger charge is 2.39. The van der Waals surface area contributed by atoms with Crippen LogP contribution < -0.4 is 0 Å². The summed E-state index contributed by atoms with van der Waals surface area (Å²) < 4.78 is 5.41. The van der Waals surface area contributed by atoms with E-state index in [0.29, 0.717) is 35.4 Å². The Morgan fingerprint density at radius 2 is 1.21 bits per heavy atom. The van der Waals surface area contributed by atoms with Crippen LogP contribution in [0, 0.1) is 10.8 Å². The van der Waals surface area contributed by atoms with Crippen molar-refractivity contribution in [3.8, 4) is 0 Å². The lowest BCUT2D eigenvalue weighted by molar-refractivity contribution is -0.133. The topological polar surface area (TPSA) is 84.0 Å². The number of nitrogens with zero attached hydrogens (tertiary/aromatic N) is 2. The molecule has 1 rings (SSSR count). The summed E-state index contributed by atoms with van der Waals surface area (Å²) in [6.07, 6.45) is -0.313. The Bertz CT molecular complexity index is 900. The molecular weight excluding hydrogens is 420 g/mol. The number of amides is 2. The van der Waals surface area contributed by atoms with Gasteiger partial charge in [-0.2, -0.15) is 0 Å². The number of carbonyl (C=O) groups is 4. The van der Waals surface area contributed by atoms with Crippen molar-refractivity contribution in [1.82, 2.24) is 9.80 Å². The monoisotopic (exact) mass is 462 g/mol. The second-order valence-corrected chi connectivity index (χ2v) is 11.7. The van der Waals surface area contributed by atoms with Gasteiger partial charge in [0.15, 0.2) is 11.6 Å². The molecule has 33 heavy (non-hydrogen) atoms. The van der Waals surface area contributed by atoms with Gasteiger partial charge in [0.2, 0.25) is 5.91 Å². The maximum Gasteiger partial charge on any atom is 0.410 e. The van der Waals surface area contributed by atoms with Crippen LogP contribution in [0.15, 0.2) is 22.3 Å². The SMILES string of the molecule is CC1=C(C)C(=O)C(C(C)(C)CC(=O)N(C)CC(C)(C)CN(C)C(=O)OC(C)(C)C)=C(C)C1=O. The largest absolute Gasteiger partial charge is 0.444 e. The highest BCUT2D eigenvalue weighted by molar-refractivity contribution is 6.25. The Kier molecular flexibility index (Phi) is 8.51. The van der Waals surface area contributed by atoms with Gasteiger partial charge in [0.05, 0.1) is 0 Å².